The van der Waals surface area contributed by atoms with Gasteiger partial charge in [0.1, 0.15) is 0 Å². The lowest BCUT2D eigenvalue weighted by Crippen LogP contribution is -2.07. The second kappa shape index (κ2) is 6.39. The fraction of sp³-hybridized carbons (Fsp3) is 0.0714. The molecule has 0 heterocycles. The van der Waals surface area contributed by atoms with E-state index < -0.39 is 0 Å². The van der Waals surface area contributed by atoms with E-state index in [1.54, 1.807) is 24.3 Å². The number of carbonyl (C=O) groups is 1. The first kappa shape index (κ1) is 15.0. The van der Waals surface area contributed by atoms with Crippen LogP contribution >= 0.6 is 35.0 Å². The molecule has 0 radical (unpaired) electrons. The molecule has 1 amide bonds. The average molecular weight is 327 g/mol. The summed E-state index contributed by atoms with van der Waals surface area (Å²) >= 11 is 13.4. The van der Waals surface area contributed by atoms with Crippen molar-refractivity contribution >= 4 is 52.2 Å². The van der Waals surface area contributed by atoms with Crippen LogP contribution < -0.4 is 11.1 Å². The summed E-state index contributed by atoms with van der Waals surface area (Å²) in [6.07, 6.45) is 0. The molecule has 0 aliphatic heterocycles. The molecular formula is C14H12Cl2N2OS. The number of rotatable bonds is 3. The molecule has 3 N–H and O–H groups in total. The summed E-state index contributed by atoms with van der Waals surface area (Å²) < 4.78 is 0. The van der Waals surface area contributed by atoms with Crippen LogP contribution in [-0.4, -0.2) is 5.91 Å². The fourth-order valence-corrected chi connectivity index (χ4v) is 2.85. The van der Waals surface area contributed by atoms with Crippen LogP contribution in [0.4, 0.5) is 11.4 Å². The van der Waals surface area contributed by atoms with Gasteiger partial charge in [0.25, 0.3) is 0 Å². The minimum absolute atomic E-state index is 0.151. The summed E-state index contributed by atoms with van der Waals surface area (Å²) in [6, 6.07) is 10.9. The second-order valence-corrected chi connectivity index (χ2v) is 6.07. The van der Waals surface area contributed by atoms with Crippen LogP contribution in [0.5, 0.6) is 0 Å². The van der Waals surface area contributed by atoms with Gasteiger partial charge in [0, 0.05) is 16.7 Å². The highest BCUT2D eigenvalue weighted by Gasteiger charge is 2.05. The molecule has 0 unspecified atom stereocenters. The Labute approximate surface area is 131 Å². The van der Waals surface area contributed by atoms with Crippen LogP contribution in [0.25, 0.3) is 0 Å². The molecule has 0 fully saturated rings. The molecule has 0 aliphatic rings. The number of amides is 1. The largest absolute Gasteiger partial charge is 0.397 e. The van der Waals surface area contributed by atoms with E-state index in [0.717, 1.165) is 9.79 Å². The zero-order chi connectivity index (χ0) is 14.7. The van der Waals surface area contributed by atoms with Gasteiger partial charge in [-0.05, 0) is 36.4 Å². The van der Waals surface area contributed by atoms with Crippen LogP contribution in [0.3, 0.4) is 0 Å². The summed E-state index contributed by atoms with van der Waals surface area (Å²) in [7, 11) is 0. The number of carbonyl (C=O) groups excluding carboxylic acids is 1. The molecule has 2 rings (SSSR count). The molecule has 2 aromatic carbocycles. The highest BCUT2D eigenvalue weighted by Crippen LogP contribution is 2.34. The molecule has 0 spiro atoms. The van der Waals surface area contributed by atoms with Crippen molar-refractivity contribution in [3.63, 3.8) is 0 Å². The molecular weight excluding hydrogens is 315 g/mol. The zero-order valence-corrected chi connectivity index (χ0v) is 12.9. The van der Waals surface area contributed by atoms with Gasteiger partial charge in [-0.2, -0.15) is 0 Å². The van der Waals surface area contributed by atoms with Crippen LogP contribution in [0.15, 0.2) is 46.2 Å². The minimum Gasteiger partial charge on any atom is -0.397 e. The first-order valence-electron chi connectivity index (χ1n) is 5.76. The first-order chi connectivity index (χ1) is 9.45. The van der Waals surface area contributed by atoms with E-state index in [-0.39, 0.29) is 5.91 Å². The summed E-state index contributed by atoms with van der Waals surface area (Å²) in [5.74, 6) is -0.151. The number of nitrogens with one attached hydrogen (secondary N) is 1. The van der Waals surface area contributed by atoms with Crippen LogP contribution in [0.2, 0.25) is 10.0 Å². The molecule has 0 bridgehead atoms. The Kier molecular flexibility index (Phi) is 4.81. The lowest BCUT2D eigenvalue weighted by Gasteiger charge is -2.09. The van der Waals surface area contributed by atoms with Gasteiger partial charge < -0.3 is 11.1 Å². The van der Waals surface area contributed by atoms with Crippen molar-refractivity contribution in [3.8, 4) is 0 Å². The Bertz CT molecular complexity index is 662. The Balaban J connectivity index is 2.19. The number of nitrogens with two attached hydrogens (primary N) is 1. The second-order valence-electron chi connectivity index (χ2n) is 4.11. The molecule has 0 atom stereocenters. The van der Waals surface area contributed by atoms with Gasteiger partial charge in [-0.25, -0.2) is 0 Å². The van der Waals surface area contributed by atoms with Crippen LogP contribution in [0.1, 0.15) is 6.92 Å². The van der Waals surface area contributed by atoms with Gasteiger partial charge in [-0.3, -0.25) is 4.79 Å². The Morgan fingerprint density at radius 1 is 1.10 bits per heavy atom. The van der Waals surface area contributed by atoms with E-state index in [9.17, 15) is 4.79 Å². The molecule has 6 heteroatoms. The number of hydrogen-bond donors (Lipinski definition) is 2. The predicted molar refractivity (Wildman–Crippen MR) is 85.7 cm³/mol. The maximum atomic E-state index is 11.0. The monoisotopic (exact) mass is 326 g/mol. The summed E-state index contributed by atoms with van der Waals surface area (Å²) in [5.41, 5.74) is 7.03. The van der Waals surface area contributed by atoms with Crippen molar-refractivity contribution in [1.82, 2.24) is 0 Å². The van der Waals surface area contributed by atoms with Crippen LogP contribution in [0, 0.1) is 0 Å². The van der Waals surface area contributed by atoms with Crippen LogP contribution in [-0.2, 0) is 4.79 Å². The van der Waals surface area contributed by atoms with Crippen molar-refractivity contribution in [3.05, 3.63) is 46.4 Å². The SMILES string of the molecule is CC(=O)Nc1ccc(Sc2ccc(Cl)c(Cl)c2)cc1N. The number of benzene rings is 2. The highest BCUT2D eigenvalue weighted by atomic mass is 35.5. The lowest BCUT2D eigenvalue weighted by atomic mass is 10.2. The van der Waals surface area contributed by atoms with Gasteiger partial charge in [0.05, 0.1) is 21.4 Å². The van der Waals surface area contributed by atoms with E-state index in [4.69, 9.17) is 28.9 Å². The first-order valence-corrected chi connectivity index (χ1v) is 7.33. The number of nitrogen functional groups attached to an aromatic ring is 1. The van der Waals surface area contributed by atoms with Gasteiger partial charge in [-0.1, -0.05) is 35.0 Å². The molecule has 0 saturated heterocycles. The Morgan fingerprint density at radius 2 is 1.75 bits per heavy atom. The number of anilines is 2. The maximum Gasteiger partial charge on any atom is 0.221 e. The van der Waals surface area contributed by atoms with Gasteiger partial charge in [-0.15, -0.1) is 0 Å². The summed E-state index contributed by atoms with van der Waals surface area (Å²) in [4.78, 5) is 12.9. The lowest BCUT2D eigenvalue weighted by molar-refractivity contribution is -0.114. The standard InChI is InChI=1S/C14H12Cl2N2OS/c1-8(19)18-14-5-3-10(7-13(14)17)20-9-2-4-11(15)12(16)6-9/h2-7H,17H2,1H3,(H,18,19). The molecule has 104 valence electrons. The quantitative estimate of drug-likeness (QED) is 0.805. The fourth-order valence-electron chi connectivity index (χ4n) is 1.58. The average Bonchev–Trinajstić information content (AvgIpc) is 2.37. The van der Waals surface area contributed by atoms with Gasteiger partial charge in [0.2, 0.25) is 5.91 Å². The van der Waals surface area contributed by atoms with E-state index in [0.29, 0.717) is 21.4 Å². The van der Waals surface area contributed by atoms with Gasteiger partial charge in [0.15, 0.2) is 0 Å². The van der Waals surface area contributed by atoms with Crippen molar-refractivity contribution in [2.75, 3.05) is 11.1 Å². The maximum absolute atomic E-state index is 11.0. The van der Waals surface area contributed by atoms with Crippen molar-refractivity contribution in [1.29, 1.82) is 0 Å². The van der Waals surface area contributed by atoms with E-state index in [1.165, 1.54) is 18.7 Å². The molecule has 0 aromatic heterocycles. The minimum atomic E-state index is -0.151. The third kappa shape index (κ3) is 3.82. The Hall–Kier alpha value is -1.36. The van der Waals surface area contributed by atoms with Crippen molar-refractivity contribution in [2.45, 2.75) is 16.7 Å². The van der Waals surface area contributed by atoms with Crippen molar-refractivity contribution < 1.29 is 4.79 Å². The number of halogens is 2. The highest BCUT2D eigenvalue weighted by molar-refractivity contribution is 7.99. The molecule has 20 heavy (non-hydrogen) atoms. The molecule has 2 aromatic rings. The van der Waals surface area contributed by atoms with E-state index >= 15 is 0 Å². The summed E-state index contributed by atoms with van der Waals surface area (Å²) in [5, 5.41) is 3.71. The smallest absolute Gasteiger partial charge is 0.221 e. The topological polar surface area (TPSA) is 55.1 Å². The third-order valence-corrected chi connectivity index (χ3v) is 4.18. The summed E-state index contributed by atoms with van der Waals surface area (Å²) in [6.45, 7) is 1.44. The van der Waals surface area contributed by atoms with Crippen molar-refractivity contribution in [2.24, 2.45) is 0 Å². The number of hydrogen-bond acceptors (Lipinski definition) is 3. The normalized spacial score (nSPS) is 10.3. The molecule has 3 nitrogen and oxygen atoms in total. The van der Waals surface area contributed by atoms with E-state index in [1.807, 2.05) is 12.1 Å². The Morgan fingerprint density at radius 3 is 2.35 bits per heavy atom. The zero-order valence-electron chi connectivity index (χ0n) is 10.6. The third-order valence-electron chi connectivity index (χ3n) is 2.46. The predicted octanol–water partition coefficient (Wildman–Crippen LogP) is 4.69. The van der Waals surface area contributed by atoms with E-state index in [2.05, 4.69) is 5.32 Å². The molecule has 0 aliphatic carbocycles. The molecule has 0 saturated carbocycles. The van der Waals surface area contributed by atoms with Gasteiger partial charge >= 0.3 is 0 Å².